The van der Waals surface area contributed by atoms with Crippen LogP contribution in [0.3, 0.4) is 0 Å². The minimum atomic E-state index is -0.184. The Bertz CT molecular complexity index is 945. The summed E-state index contributed by atoms with van der Waals surface area (Å²) in [5.41, 5.74) is 0.994. The number of hydrogen-bond donors (Lipinski definition) is 0. The van der Waals surface area contributed by atoms with Gasteiger partial charge in [0.15, 0.2) is 4.80 Å². The average molecular weight is 370 g/mol. The number of carbonyl (C=O) groups is 1. The Labute approximate surface area is 156 Å². The Morgan fingerprint density at radius 2 is 1.96 bits per heavy atom. The van der Waals surface area contributed by atoms with Gasteiger partial charge >= 0.3 is 0 Å². The zero-order chi connectivity index (χ0) is 18.4. The Morgan fingerprint density at radius 1 is 1.15 bits per heavy atom. The highest BCUT2D eigenvalue weighted by Gasteiger charge is 2.11. The molecule has 0 spiro atoms. The van der Waals surface area contributed by atoms with Gasteiger partial charge in [0.1, 0.15) is 17.0 Å². The number of aryl methyl sites for hydroxylation is 1. The summed E-state index contributed by atoms with van der Waals surface area (Å²) in [5.74, 6) is 1.37. The molecule has 0 aliphatic carbocycles. The van der Waals surface area contributed by atoms with E-state index in [1.54, 1.807) is 7.11 Å². The van der Waals surface area contributed by atoms with Gasteiger partial charge in [-0.05, 0) is 30.7 Å². The monoisotopic (exact) mass is 370 g/mol. The van der Waals surface area contributed by atoms with E-state index >= 15 is 0 Å². The van der Waals surface area contributed by atoms with Crippen molar-refractivity contribution in [3.63, 3.8) is 0 Å². The maximum absolute atomic E-state index is 12.3. The van der Waals surface area contributed by atoms with Crippen LogP contribution >= 0.6 is 11.3 Å². The molecule has 0 saturated carbocycles. The fourth-order valence-corrected chi connectivity index (χ4v) is 3.81. The van der Waals surface area contributed by atoms with E-state index in [0.29, 0.717) is 11.4 Å². The van der Waals surface area contributed by atoms with Crippen molar-refractivity contribution in [2.24, 2.45) is 4.99 Å². The number of benzene rings is 2. The Balaban J connectivity index is 1.81. The van der Waals surface area contributed by atoms with Crippen molar-refractivity contribution in [2.75, 3.05) is 13.7 Å². The highest BCUT2D eigenvalue weighted by molar-refractivity contribution is 7.16. The Kier molecular flexibility index (Phi) is 6.07. The number of para-hydroxylation sites is 2. The molecule has 3 aromatic rings. The first-order chi connectivity index (χ1) is 12.7. The molecule has 0 saturated heterocycles. The van der Waals surface area contributed by atoms with E-state index in [4.69, 9.17) is 9.47 Å². The molecule has 2 aromatic carbocycles. The van der Waals surface area contributed by atoms with Crippen LogP contribution in [0.5, 0.6) is 11.5 Å². The molecule has 1 heterocycles. The molecule has 0 unspecified atom stereocenters. The average Bonchev–Trinajstić information content (AvgIpc) is 3.00. The van der Waals surface area contributed by atoms with Crippen molar-refractivity contribution in [1.29, 1.82) is 0 Å². The molecule has 0 bridgehead atoms. The number of carbonyl (C=O) groups excluding carboxylic acids is 1. The first kappa shape index (κ1) is 18.2. The molecule has 0 N–H and O–H groups in total. The zero-order valence-electron chi connectivity index (χ0n) is 15.0. The van der Waals surface area contributed by atoms with Gasteiger partial charge in [0.25, 0.3) is 5.91 Å². The van der Waals surface area contributed by atoms with Gasteiger partial charge in [-0.15, -0.1) is 0 Å². The summed E-state index contributed by atoms with van der Waals surface area (Å²) in [6, 6.07) is 15.4. The number of thiazole rings is 1. The first-order valence-corrected chi connectivity index (χ1v) is 9.46. The van der Waals surface area contributed by atoms with Crippen LogP contribution in [0.4, 0.5) is 0 Å². The molecule has 5 nitrogen and oxygen atoms in total. The number of hydrogen-bond acceptors (Lipinski definition) is 4. The van der Waals surface area contributed by atoms with E-state index in [1.165, 1.54) is 11.3 Å². The largest absolute Gasteiger partial charge is 0.495 e. The van der Waals surface area contributed by atoms with Gasteiger partial charge < -0.3 is 14.0 Å². The second kappa shape index (κ2) is 8.67. The highest BCUT2D eigenvalue weighted by Crippen LogP contribution is 2.27. The van der Waals surface area contributed by atoms with Crippen molar-refractivity contribution in [3.05, 3.63) is 53.3 Å². The first-order valence-electron chi connectivity index (χ1n) is 8.64. The number of rotatable bonds is 7. The van der Waals surface area contributed by atoms with Gasteiger partial charge in [-0.1, -0.05) is 42.5 Å². The standard InChI is InChI=1S/C20H22N2O3S/c1-3-13-22-19-16(24-2)10-7-11-17(19)26-20(22)21-18(23)12-14-25-15-8-5-4-6-9-15/h4-11H,3,12-14H2,1-2H3. The van der Waals surface area contributed by atoms with Crippen LogP contribution in [-0.2, 0) is 11.3 Å². The number of methoxy groups -OCH3 is 1. The van der Waals surface area contributed by atoms with Crippen LogP contribution in [0.15, 0.2) is 53.5 Å². The molecule has 136 valence electrons. The summed E-state index contributed by atoms with van der Waals surface area (Å²) < 4.78 is 14.2. The number of fused-ring (bicyclic) bond motifs is 1. The second-order valence-corrected chi connectivity index (χ2v) is 6.77. The van der Waals surface area contributed by atoms with Crippen molar-refractivity contribution in [2.45, 2.75) is 26.3 Å². The number of nitrogens with zero attached hydrogens (tertiary/aromatic N) is 2. The normalized spacial score (nSPS) is 11.7. The van der Waals surface area contributed by atoms with Crippen LogP contribution in [0, 0.1) is 0 Å². The predicted molar refractivity (Wildman–Crippen MR) is 104 cm³/mol. The summed E-state index contributed by atoms with van der Waals surface area (Å²) in [5, 5.41) is 0. The fraction of sp³-hybridized carbons (Fsp3) is 0.300. The number of ether oxygens (including phenoxy) is 2. The molecule has 6 heteroatoms. The Hall–Kier alpha value is -2.60. The maximum Gasteiger partial charge on any atom is 0.251 e. The third-order valence-corrected chi connectivity index (χ3v) is 4.92. The van der Waals surface area contributed by atoms with Crippen LogP contribution in [0.1, 0.15) is 19.8 Å². The molecule has 0 fully saturated rings. The van der Waals surface area contributed by atoms with Crippen molar-refractivity contribution < 1.29 is 14.3 Å². The third-order valence-electron chi connectivity index (χ3n) is 3.88. The SMILES string of the molecule is CCCn1c(=NC(=O)CCOc2ccccc2)sc2cccc(OC)c21. The minimum Gasteiger partial charge on any atom is -0.495 e. The van der Waals surface area contributed by atoms with Gasteiger partial charge in [0.05, 0.1) is 24.8 Å². The summed E-state index contributed by atoms with van der Waals surface area (Å²) in [4.78, 5) is 17.3. The van der Waals surface area contributed by atoms with E-state index in [0.717, 1.165) is 34.7 Å². The summed E-state index contributed by atoms with van der Waals surface area (Å²) >= 11 is 1.51. The van der Waals surface area contributed by atoms with E-state index in [1.807, 2.05) is 48.5 Å². The van der Waals surface area contributed by atoms with E-state index < -0.39 is 0 Å². The molecule has 1 amide bonds. The smallest absolute Gasteiger partial charge is 0.251 e. The number of aromatic nitrogens is 1. The molecular formula is C20H22N2O3S. The van der Waals surface area contributed by atoms with Gasteiger partial charge in [0, 0.05) is 6.54 Å². The van der Waals surface area contributed by atoms with Crippen molar-refractivity contribution >= 4 is 27.5 Å². The molecule has 0 aliphatic heterocycles. The van der Waals surface area contributed by atoms with Crippen molar-refractivity contribution in [1.82, 2.24) is 4.57 Å². The van der Waals surface area contributed by atoms with E-state index in [9.17, 15) is 4.79 Å². The topological polar surface area (TPSA) is 52.8 Å². The van der Waals surface area contributed by atoms with E-state index in [-0.39, 0.29) is 12.3 Å². The van der Waals surface area contributed by atoms with Crippen LogP contribution in [0.2, 0.25) is 0 Å². The summed E-state index contributed by atoms with van der Waals surface area (Å²) in [6.07, 6.45) is 1.19. The van der Waals surface area contributed by atoms with Crippen LogP contribution in [-0.4, -0.2) is 24.2 Å². The molecule has 0 atom stereocenters. The lowest BCUT2D eigenvalue weighted by atomic mass is 10.3. The summed E-state index contributed by atoms with van der Waals surface area (Å²) in [6.45, 7) is 3.20. The number of amides is 1. The molecule has 0 radical (unpaired) electrons. The molecule has 1 aromatic heterocycles. The van der Waals surface area contributed by atoms with Gasteiger partial charge in [0.2, 0.25) is 0 Å². The predicted octanol–water partition coefficient (Wildman–Crippen LogP) is 4.02. The van der Waals surface area contributed by atoms with E-state index in [2.05, 4.69) is 16.5 Å². The third kappa shape index (κ3) is 4.14. The summed E-state index contributed by atoms with van der Waals surface area (Å²) in [7, 11) is 1.66. The molecule has 26 heavy (non-hydrogen) atoms. The van der Waals surface area contributed by atoms with Crippen LogP contribution in [0.25, 0.3) is 10.2 Å². The van der Waals surface area contributed by atoms with Gasteiger partial charge in [-0.2, -0.15) is 4.99 Å². The molecular weight excluding hydrogens is 348 g/mol. The lowest BCUT2D eigenvalue weighted by Crippen LogP contribution is -2.17. The van der Waals surface area contributed by atoms with Crippen LogP contribution < -0.4 is 14.3 Å². The maximum atomic E-state index is 12.3. The highest BCUT2D eigenvalue weighted by atomic mass is 32.1. The molecule has 0 aliphatic rings. The quantitative estimate of drug-likeness (QED) is 0.631. The Morgan fingerprint density at radius 3 is 2.69 bits per heavy atom. The lowest BCUT2D eigenvalue weighted by Gasteiger charge is -2.07. The van der Waals surface area contributed by atoms with Gasteiger partial charge in [-0.3, -0.25) is 4.79 Å². The van der Waals surface area contributed by atoms with Gasteiger partial charge in [-0.25, -0.2) is 0 Å². The minimum absolute atomic E-state index is 0.184. The fourth-order valence-electron chi connectivity index (χ4n) is 2.71. The zero-order valence-corrected chi connectivity index (χ0v) is 15.8. The lowest BCUT2D eigenvalue weighted by molar-refractivity contribution is -0.118. The molecule has 3 rings (SSSR count). The van der Waals surface area contributed by atoms with Crippen molar-refractivity contribution in [3.8, 4) is 11.5 Å². The second-order valence-electron chi connectivity index (χ2n) is 5.76.